The highest BCUT2D eigenvalue weighted by molar-refractivity contribution is 7.92. The average molecular weight is 218 g/mol. The number of ether oxygens (including phenoxy) is 1. The van der Waals surface area contributed by atoms with Gasteiger partial charge in [-0.2, -0.15) is 0 Å². The Labute approximate surface area is 83.9 Å². The van der Waals surface area contributed by atoms with E-state index in [-0.39, 0.29) is 11.7 Å². The molecule has 14 heavy (non-hydrogen) atoms. The SMILES string of the molecule is CC1=CCS(=O)(=O)C1OC(=O)C(C)C. The van der Waals surface area contributed by atoms with Gasteiger partial charge in [0.25, 0.3) is 0 Å². The maximum Gasteiger partial charge on any atom is 0.309 e. The highest BCUT2D eigenvalue weighted by Crippen LogP contribution is 2.22. The molecule has 0 N–H and O–H groups in total. The summed E-state index contributed by atoms with van der Waals surface area (Å²) in [6.45, 7) is 4.99. The Morgan fingerprint density at radius 2 is 2.14 bits per heavy atom. The molecule has 0 radical (unpaired) electrons. The quantitative estimate of drug-likeness (QED) is 0.510. The first-order chi connectivity index (χ1) is 6.34. The fourth-order valence-corrected chi connectivity index (χ4v) is 2.70. The zero-order valence-electron chi connectivity index (χ0n) is 8.48. The molecule has 1 aliphatic rings. The van der Waals surface area contributed by atoms with Crippen LogP contribution in [0.3, 0.4) is 0 Å². The number of rotatable bonds is 2. The number of sulfone groups is 1. The molecule has 4 nitrogen and oxygen atoms in total. The van der Waals surface area contributed by atoms with E-state index in [0.717, 1.165) is 0 Å². The van der Waals surface area contributed by atoms with Crippen LogP contribution in [0, 0.1) is 5.92 Å². The van der Waals surface area contributed by atoms with Gasteiger partial charge in [-0.05, 0) is 12.5 Å². The second-order valence-corrected chi connectivity index (χ2v) is 5.79. The first-order valence-electron chi connectivity index (χ1n) is 4.43. The summed E-state index contributed by atoms with van der Waals surface area (Å²) in [6.07, 6.45) is 1.58. The van der Waals surface area contributed by atoms with Crippen molar-refractivity contribution in [3.05, 3.63) is 11.6 Å². The third-order valence-corrected chi connectivity index (χ3v) is 3.78. The highest BCUT2D eigenvalue weighted by atomic mass is 32.2. The molecule has 1 heterocycles. The van der Waals surface area contributed by atoms with E-state index in [9.17, 15) is 13.2 Å². The second-order valence-electron chi connectivity index (χ2n) is 3.70. The molecule has 0 amide bonds. The average Bonchev–Trinajstić information content (AvgIpc) is 2.31. The summed E-state index contributed by atoms with van der Waals surface area (Å²) < 4.78 is 27.7. The summed E-state index contributed by atoms with van der Waals surface area (Å²) in [4.78, 5) is 11.2. The molecule has 1 rings (SSSR count). The molecule has 1 atom stereocenters. The molecule has 0 aromatic heterocycles. The first-order valence-corrected chi connectivity index (χ1v) is 6.15. The molecular formula is C9H14O4S. The summed E-state index contributed by atoms with van der Waals surface area (Å²) in [5.41, 5.74) is -0.462. The number of hydrogen-bond donors (Lipinski definition) is 0. The third-order valence-electron chi connectivity index (χ3n) is 2.03. The summed E-state index contributed by atoms with van der Waals surface area (Å²) in [5, 5.41) is 0. The molecule has 5 heteroatoms. The van der Waals surface area contributed by atoms with E-state index in [0.29, 0.717) is 5.57 Å². The van der Waals surface area contributed by atoms with E-state index in [1.165, 1.54) is 0 Å². The monoisotopic (exact) mass is 218 g/mol. The zero-order chi connectivity index (χ0) is 10.9. The number of carbonyl (C=O) groups is 1. The largest absolute Gasteiger partial charge is 0.441 e. The lowest BCUT2D eigenvalue weighted by atomic mass is 10.2. The van der Waals surface area contributed by atoms with Crippen LogP contribution in [0.4, 0.5) is 0 Å². The van der Waals surface area contributed by atoms with Crippen LogP contribution in [0.25, 0.3) is 0 Å². The van der Waals surface area contributed by atoms with Gasteiger partial charge >= 0.3 is 5.97 Å². The van der Waals surface area contributed by atoms with Crippen molar-refractivity contribution in [1.82, 2.24) is 0 Å². The topological polar surface area (TPSA) is 60.4 Å². The van der Waals surface area contributed by atoms with E-state index >= 15 is 0 Å². The standard InChI is InChI=1S/C9H14O4S/c1-6(2)8(10)13-9-7(3)4-5-14(9,11)12/h4,6,9H,5H2,1-3H3. The molecule has 1 aliphatic heterocycles. The second kappa shape index (κ2) is 3.73. The van der Waals surface area contributed by atoms with Gasteiger partial charge in [0.1, 0.15) is 0 Å². The van der Waals surface area contributed by atoms with E-state index in [2.05, 4.69) is 0 Å². The molecule has 0 fully saturated rings. The van der Waals surface area contributed by atoms with E-state index in [1.54, 1.807) is 26.8 Å². The molecule has 0 saturated carbocycles. The van der Waals surface area contributed by atoms with Crippen LogP contribution >= 0.6 is 0 Å². The van der Waals surface area contributed by atoms with E-state index < -0.39 is 21.2 Å². The van der Waals surface area contributed by atoms with Crippen LogP contribution in [0.2, 0.25) is 0 Å². The molecule has 80 valence electrons. The lowest BCUT2D eigenvalue weighted by Gasteiger charge is -2.14. The lowest BCUT2D eigenvalue weighted by molar-refractivity contribution is -0.147. The van der Waals surface area contributed by atoms with Crippen LogP contribution in [-0.2, 0) is 19.4 Å². The Kier molecular flexibility index (Phi) is 2.99. The van der Waals surface area contributed by atoms with Gasteiger partial charge in [-0.15, -0.1) is 0 Å². The van der Waals surface area contributed by atoms with Gasteiger partial charge < -0.3 is 4.74 Å². The maximum absolute atomic E-state index is 11.4. The Morgan fingerprint density at radius 1 is 1.57 bits per heavy atom. The lowest BCUT2D eigenvalue weighted by Crippen LogP contribution is -2.27. The minimum absolute atomic E-state index is 0.0329. The summed E-state index contributed by atoms with van der Waals surface area (Å²) >= 11 is 0. The Bertz CT molecular complexity index is 364. The van der Waals surface area contributed by atoms with Crippen molar-refractivity contribution in [1.29, 1.82) is 0 Å². The summed E-state index contributed by atoms with van der Waals surface area (Å²) in [5.74, 6) is -0.818. The van der Waals surface area contributed by atoms with Crippen molar-refractivity contribution in [3.63, 3.8) is 0 Å². The van der Waals surface area contributed by atoms with Gasteiger partial charge in [0, 0.05) is 0 Å². The summed E-state index contributed by atoms with van der Waals surface area (Å²) in [7, 11) is -3.30. The van der Waals surface area contributed by atoms with Gasteiger partial charge in [-0.1, -0.05) is 19.9 Å². The molecule has 0 aromatic carbocycles. The minimum Gasteiger partial charge on any atom is -0.441 e. The maximum atomic E-state index is 11.4. The first kappa shape index (κ1) is 11.2. The Balaban J connectivity index is 2.78. The molecule has 0 aliphatic carbocycles. The van der Waals surface area contributed by atoms with Gasteiger partial charge in [0.05, 0.1) is 11.7 Å². The van der Waals surface area contributed by atoms with Gasteiger partial charge in [-0.25, -0.2) is 8.42 Å². The van der Waals surface area contributed by atoms with E-state index in [1.807, 2.05) is 0 Å². The van der Waals surface area contributed by atoms with Crippen molar-refractivity contribution < 1.29 is 17.9 Å². The normalized spacial score (nSPS) is 24.9. The predicted molar refractivity (Wildman–Crippen MR) is 52.3 cm³/mol. The Morgan fingerprint density at radius 3 is 2.50 bits per heavy atom. The third kappa shape index (κ3) is 2.15. The molecule has 0 saturated heterocycles. The van der Waals surface area contributed by atoms with Gasteiger partial charge in [0.2, 0.25) is 5.44 Å². The van der Waals surface area contributed by atoms with Crippen LogP contribution in [0.15, 0.2) is 11.6 Å². The highest BCUT2D eigenvalue weighted by Gasteiger charge is 2.35. The van der Waals surface area contributed by atoms with Crippen molar-refractivity contribution in [2.75, 3.05) is 5.75 Å². The molecular weight excluding hydrogens is 204 g/mol. The van der Waals surface area contributed by atoms with Crippen molar-refractivity contribution in [2.24, 2.45) is 5.92 Å². The smallest absolute Gasteiger partial charge is 0.309 e. The summed E-state index contributed by atoms with van der Waals surface area (Å²) in [6, 6.07) is 0. The number of carbonyl (C=O) groups excluding carboxylic acids is 1. The fraction of sp³-hybridized carbons (Fsp3) is 0.667. The van der Waals surface area contributed by atoms with Crippen LogP contribution in [0.1, 0.15) is 20.8 Å². The number of esters is 1. The predicted octanol–water partition coefficient (Wildman–Crippen LogP) is 0.886. The van der Waals surface area contributed by atoms with Crippen molar-refractivity contribution in [3.8, 4) is 0 Å². The molecule has 1 unspecified atom stereocenters. The van der Waals surface area contributed by atoms with Gasteiger partial charge in [-0.3, -0.25) is 4.79 Å². The zero-order valence-corrected chi connectivity index (χ0v) is 9.30. The van der Waals surface area contributed by atoms with E-state index in [4.69, 9.17) is 4.74 Å². The van der Waals surface area contributed by atoms with Crippen LogP contribution < -0.4 is 0 Å². The van der Waals surface area contributed by atoms with Crippen LogP contribution in [-0.4, -0.2) is 25.6 Å². The minimum atomic E-state index is -3.30. The molecule has 0 spiro atoms. The number of hydrogen-bond acceptors (Lipinski definition) is 4. The van der Waals surface area contributed by atoms with Gasteiger partial charge in [0.15, 0.2) is 9.84 Å². The molecule has 0 bridgehead atoms. The van der Waals surface area contributed by atoms with Crippen LogP contribution in [0.5, 0.6) is 0 Å². The van der Waals surface area contributed by atoms with Crippen molar-refractivity contribution in [2.45, 2.75) is 26.2 Å². The Hall–Kier alpha value is -0.840. The fourth-order valence-electron chi connectivity index (χ4n) is 1.12. The molecule has 0 aromatic rings. The van der Waals surface area contributed by atoms with Crippen molar-refractivity contribution >= 4 is 15.8 Å².